The molecule has 6 aromatic rings. The van der Waals surface area contributed by atoms with Gasteiger partial charge in [0.25, 0.3) is 0 Å². The van der Waals surface area contributed by atoms with Crippen LogP contribution in [-0.4, -0.2) is 67.4 Å². The summed E-state index contributed by atoms with van der Waals surface area (Å²) in [5.74, 6) is 0.0195. The number of nitrogens with zero attached hydrogens (tertiary/aromatic N) is 5. The first-order valence-electron chi connectivity index (χ1n) is 12.0. The van der Waals surface area contributed by atoms with E-state index >= 15 is 0 Å². The summed E-state index contributed by atoms with van der Waals surface area (Å²) >= 11 is 0. The Labute approximate surface area is 217 Å². The Morgan fingerprint density at radius 1 is 1.03 bits per heavy atom. The molecule has 0 saturated heterocycles. The minimum atomic E-state index is -0.516. The van der Waals surface area contributed by atoms with E-state index < -0.39 is 5.82 Å². The number of likely N-dealkylation sites (N-methyl/N-ethyl adjacent to an activating group) is 1. The Morgan fingerprint density at radius 3 is 2.76 bits per heavy atom. The molecule has 0 bridgehead atoms. The Hall–Kier alpha value is -4.83. The third kappa shape index (κ3) is 4.53. The highest BCUT2D eigenvalue weighted by Gasteiger charge is 2.17. The number of hydrogen-bond acceptors (Lipinski definition) is 7. The van der Waals surface area contributed by atoms with Crippen molar-refractivity contribution in [3.63, 3.8) is 0 Å². The molecule has 5 aromatic heterocycles. The molecule has 0 saturated carbocycles. The number of aromatic hydroxyl groups is 1. The van der Waals surface area contributed by atoms with Crippen LogP contribution < -0.4 is 4.74 Å². The Balaban J connectivity index is 1.38. The van der Waals surface area contributed by atoms with Gasteiger partial charge in [0.05, 0.1) is 23.1 Å². The Bertz CT molecular complexity index is 1760. The van der Waals surface area contributed by atoms with E-state index in [4.69, 9.17) is 9.72 Å². The molecule has 5 heterocycles. The van der Waals surface area contributed by atoms with Gasteiger partial charge in [0, 0.05) is 36.0 Å². The van der Waals surface area contributed by atoms with Crippen molar-refractivity contribution in [2.75, 3.05) is 27.2 Å². The number of rotatable bonds is 7. The topological polar surface area (TPSA) is 116 Å². The van der Waals surface area contributed by atoms with Crippen molar-refractivity contribution in [1.29, 1.82) is 0 Å². The standard InChI is InChI=1S/C28H24FN7O2/c1-36(2)7-8-38-20-11-17(14-30-15-20)23-3-4-24-26(32-23)27(35-34-24)25-13-22-21(5-6-31-28(22)33-25)16-9-18(29)12-19(37)10-16/h3-6,9-15,37H,7-8H2,1-2H3,(H,31,33)(H,34,35). The molecule has 0 spiro atoms. The van der Waals surface area contributed by atoms with Crippen LogP contribution in [0.3, 0.4) is 0 Å². The summed E-state index contributed by atoms with van der Waals surface area (Å²) in [5.41, 5.74) is 6.24. The molecule has 0 aliphatic carbocycles. The highest BCUT2D eigenvalue weighted by molar-refractivity contribution is 5.99. The predicted octanol–water partition coefficient (Wildman–Crippen LogP) is 5.02. The molecule has 0 fully saturated rings. The largest absolute Gasteiger partial charge is 0.508 e. The molecule has 0 amide bonds. The zero-order chi connectivity index (χ0) is 26.2. The molecule has 0 radical (unpaired) electrons. The average molecular weight is 510 g/mol. The minimum Gasteiger partial charge on any atom is -0.508 e. The van der Waals surface area contributed by atoms with Gasteiger partial charge in [0.1, 0.15) is 40.8 Å². The van der Waals surface area contributed by atoms with Crippen LogP contribution in [0.1, 0.15) is 0 Å². The monoisotopic (exact) mass is 509 g/mol. The third-order valence-corrected chi connectivity index (χ3v) is 6.20. The second-order valence-corrected chi connectivity index (χ2v) is 9.23. The van der Waals surface area contributed by atoms with Crippen molar-refractivity contribution < 1.29 is 14.2 Å². The van der Waals surface area contributed by atoms with Crippen LogP contribution in [0.15, 0.2) is 67.1 Å². The third-order valence-electron chi connectivity index (χ3n) is 6.20. The summed E-state index contributed by atoms with van der Waals surface area (Å²) in [4.78, 5) is 19.0. The van der Waals surface area contributed by atoms with Crippen molar-refractivity contribution in [2.24, 2.45) is 0 Å². The lowest BCUT2D eigenvalue weighted by Crippen LogP contribution is -2.19. The van der Waals surface area contributed by atoms with Crippen molar-refractivity contribution in [1.82, 2.24) is 35.0 Å². The van der Waals surface area contributed by atoms with Gasteiger partial charge in [-0.2, -0.15) is 5.10 Å². The zero-order valence-electron chi connectivity index (χ0n) is 20.7. The van der Waals surface area contributed by atoms with Gasteiger partial charge in [-0.1, -0.05) is 0 Å². The van der Waals surface area contributed by atoms with Gasteiger partial charge < -0.3 is 19.7 Å². The molecule has 0 aliphatic heterocycles. The molecular formula is C28H24FN7O2. The number of halogens is 1. The van der Waals surface area contributed by atoms with E-state index in [-0.39, 0.29) is 5.75 Å². The lowest BCUT2D eigenvalue weighted by molar-refractivity contribution is 0.261. The number of fused-ring (bicyclic) bond motifs is 2. The van der Waals surface area contributed by atoms with Crippen LogP contribution in [0.5, 0.6) is 11.5 Å². The fourth-order valence-electron chi connectivity index (χ4n) is 4.37. The Kier molecular flexibility index (Phi) is 5.93. The van der Waals surface area contributed by atoms with Crippen LogP contribution in [-0.2, 0) is 0 Å². The summed E-state index contributed by atoms with van der Waals surface area (Å²) in [5, 5.41) is 18.2. The molecule has 1 aromatic carbocycles. The summed E-state index contributed by atoms with van der Waals surface area (Å²) < 4.78 is 19.8. The lowest BCUT2D eigenvalue weighted by atomic mass is 10.0. The lowest BCUT2D eigenvalue weighted by Gasteiger charge is -2.11. The molecule has 0 unspecified atom stereocenters. The summed E-state index contributed by atoms with van der Waals surface area (Å²) in [6, 6.07) is 13.4. The molecule has 9 nitrogen and oxygen atoms in total. The smallest absolute Gasteiger partial charge is 0.138 e. The van der Waals surface area contributed by atoms with Gasteiger partial charge in [-0.05, 0) is 67.7 Å². The molecule has 6 rings (SSSR count). The van der Waals surface area contributed by atoms with Crippen molar-refractivity contribution >= 4 is 22.1 Å². The molecule has 3 N–H and O–H groups in total. The summed E-state index contributed by atoms with van der Waals surface area (Å²) in [7, 11) is 3.99. The molecule has 38 heavy (non-hydrogen) atoms. The number of aromatic amines is 2. The van der Waals surface area contributed by atoms with Gasteiger partial charge >= 0.3 is 0 Å². The number of phenols is 1. The maximum atomic E-state index is 14.0. The van der Waals surface area contributed by atoms with Gasteiger partial charge in [-0.25, -0.2) is 14.4 Å². The first-order chi connectivity index (χ1) is 18.4. The number of ether oxygens (including phenoxy) is 1. The average Bonchev–Trinajstić information content (AvgIpc) is 3.51. The summed E-state index contributed by atoms with van der Waals surface area (Å²) in [6.45, 7) is 1.36. The second kappa shape index (κ2) is 9.56. The molecule has 0 aliphatic rings. The van der Waals surface area contributed by atoms with Gasteiger partial charge in [0.2, 0.25) is 0 Å². The molecule has 0 atom stereocenters. The maximum Gasteiger partial charge on any atom is 0.138 e. The number of nitrogens with one attached hydrogen (secondary N) is 2. The Morgan fingerprint density at radius 2 is 1.92 bits per heavy atom. The van der Waals surface area contributed by atoms with E-state index in [1.54, 1.807) is 24.7 Å². The zero-order valence-corrected chi connectivity index (χ0v) is 20.7. The van der Waals surface area contributed by atoms with Gasteiger partial charge in [-0.3, -0.25) is 10.1 Å². The number of benzene rings is 1. The van der Waals surface area contributed by atoms with E-state index in [2.05, 4.69) is 30.0 Å². The number of aromatic nitrogens is 6. The normalized spacial score (nSPS) is 11.6. The fraction of sp³-hybridized carbons (Fsp3) is 0.143. The highest BCUT2D eigenvalue weighted by atomic mass is 19.1. The van der Waals surface area contributed by atoms with Crippen LogP contribution in [0.4, 0.5) is 4.39 Å². The van der Waals surface area contributed by atoms with Gasteiger partial charge in [-0.15, -0.1) is 0 Å². The van der Waals surface area contributed by atoms with E-state index in [1.807, 2.05) is 38.4 Å². The fourth-order valence-corrected chi connectivity index (χ4v) is 4.37. The van der Waals surface area contributed by atoms with Crippen LogP contribution in [0, 0.1) is 5.82 Å². The minimum absolute atomic E-state index is 0.141. The van der Waals surface area contributed by atoms with Crippen LogP contribution in [0.2, 0.25) is 0 Å². The van der Waals surface area contributed by atoms with Crippen molar-refractivity contribution in [3.05, 3.63) is 72.9 Å². The van der Waals surface area contributed by atoms with E-state index in [1.165, 1.54) is 12.1 Å². The quantitative estimate of drug-likeness (QED) is 0.277. The van der Waals surface area contributed by atoms with E-state index in [0.29, 0.717) is 40.5 Å². The SMILES string of the molecule is CN(C)CCOc1cncc(-c2ccc3[nH]nc(-c4cc5c(-c6cc(O)cc(F)c6)ccnc5[nH]4)c3n2)c1. The molecule has 10 heteroatoms. The van der Waals surface area contributed by atoms with E-state index in [9.17, 15) is 9.50 Å². The van der Waals surface area contributed by atoms with Crippen molar-refractivity contribution in [3.8, 4) is 45.3 Å². The maximum absolute atomic E-state index is 14.0. The van der Waals surface area contributed by atoms with Crippen LogP contribution in [0.25, 0.3) is 55.8 Å². The number of phenolic OH excluding ortho intramolecular Hbond substituents is 1. The highest BCUT2D eigenvalue weighted by Crippen LogP contribution is 2.34. The number of H-pyrrole nitrogens is 2. The number of hydrogen-bond donors (Lipinski definition) is 3. The molecule has 190 valence electrons. The summed E-state index contributed by atoms with van der Waals surface area (Å²) in [6.07, 6.45) is 5.08. The van der Waals surface area contributed by atoms with E-state index in [0.717, 1.165) is 40.3 Å². The molecular weight excluding hydrogens is 485 g/mol. The van der Waals surface area contributed by atoms with Gasteiger partial charge in [0.15, 0.2) is 0 Å². The van der Waals surface area contributed by atoms with Crippen molar-refractivity contribution in [2.45, 2.75) is 0 Å². The first kappa shape index (κ1) is 23.6. The second-order valence-electron chi connectivity index (χ2n) is 9.23. The number of pyridine rings is 3. The van der Waals surface area contributed by atoms with Crippen LogP contribution >= 0.6 is 0 Å². The first-order valence-corrected chi connectivity index (χ1v) is 12.0. The predicted molar refractivity (Wildman–Crippen MR) is 143 cm³/mol.